The Bertz CT molecular complexity index is 115. The summed E-state index contributed by atoms with van der Waals surface area (Å²) in [5, 5.41) is 8.33. The minimum absolute atomic E-state index is 0.0750. The van der Waals surface area contributed by atoms with Crippen LogP contribution < -0.4 is 5.73 Å². The molecule has 0 saturated heterocycles. The van der Waals surface area contributed by atoms with Gasteiger partial charge in [-0.15, -0.1) is 0 Å². The largest absolute Gasteiger partial charge is 0.481 e. The highest BCUT2D eigenvalue weighted by molar-refractivity contribution is 5.66. The Morgan fingerprint density at radius 2 is 2.18 bits per heavy atom. The molecule has 11 heavy (non-hydrogen) atoms. The molecule has 0 aromatic carbocycles. The van der Waals surface area contributed by atoms with Gasteiger partial charge in [0, 0.05) is 12.5 Å². The van der Waals surface area contributed by atoms with Crippen LogP contribution in [0.3, 0.4) is 0 Å². The van der Waals surface area contributed by atoms with E-state index in [1.165, 1.54) is 0 Å². The summed E-state index contributed by atoms with van der Waals surface area (Å²) in [6, 6.07) is 0.0750. The first-order chi connectivity index (χ1) is 5.16. The molecule has 0 aromatic rings. The van der Waals surface area contributed by atoms with Crippen LogP contribution in [0, 0.1) is 0 Å². The predicted molar refractivity (Wildman–Crippen MR) is 44.4 cm³/mol. The Morgan fingerprint density at radius 1 is 1.55 bits per heavy atom. The second kappa shape index (κ2) is 6.16. The van der Waals surface area contributed by atoms with E-state index in [1.54, 1.807) is 0 Å². The standard InChI is InChI=1S/C8H17NO2/c1-2-3-4-7(9)5-6-8(10)11/h7H,2-6,9H2,1H3,(H,10,11)/t7-/m0/s1. The maximum absolute atomic E-state index is 10.1. The average molecular weight is 159 g/mol. The fourth-order valence-corrected chi connectivity index (χ4v) is 0.920. The maximum Gasteiger partial charge on any atom is 0.303 e. The van der Waals surface area contributed by atoms with Crippen LogP contribution in [0.1, 0.15) is 39.0 Å². The first-order valence-electron chi connectivity index (χ1n) is 4.14. The van der Waals surface area contributed by atoms with E-state index in [1.807, 2.05) is 0 Å². The molecule has 0 amide bonds. The summed E-state index contributed by atoms with van der Waals surface area (Å²) >= 11 is 0. The number of aliphatic carboxylic acids is 1. The van der Waals surface area contributed by atoms with Crippen LogP contribution in [0.5, 0.6) is 0 Å². The van der Waals surface area contributed by atoms with Gasteiger partial charge >= 0.3 is 5.97 Å². The zero-order valence-electron chi connectivity index (χ0n) is 7.05. The number of rotatable bonds is 6. The highest BCUT2D eigenvalue weighted by atomic mass is 16.4. The topological polar surface area (TPSA) is 63.3 Å². The van der Waals surface area contributed by atoms with Crippen molar-refractivity contribution in [2.75, 3.05) is 0 Å². The fraction of sp³-hybridized carbons (Fsp3) is 0.875. The van der Waals surface area contributed by atoms with Gasteiger partial charge in [0.2, 0.25) is 0 Å². The van der Waals surface area contributed by atoms with Crippen molar-refractivity contribution >= 4 is 5.97 Å². The van der Waals surface area contributed by atoms with E-state index in [2.05, 4.69) is 6.92 Å². The number of unbranched alkanes of at least 4 members (excludes halogenated alkanes) is 1. The summed E-state index contributed by atoms with van der Waals surface area (Å²) in [5.74, 6) is -0.753. The lowest BCUT2D eigenvalue weighted by molar-refractivity contribution is -0.137. The normalized spacial score (nSPS) is 12.9. The van der Waals surface area contributed by atoms with Crippen LogP contribution in [-0.2, 0) is 4.79 Å². The van der Waals surface area contributed by atoms with Gasteiger partial charge in [0.15, 0.2) is 0 Å². The van der Waals surface area contributed by atoms with Gasteiger partial charge in [-0.05, 0) is 12.8 Å². The molecule has 0 aliphatic heterocycles. The monoisotopic (exact) mass is 159 g/mol. The number of carbonyl (C=O) groups is 1. The molecule has 0 aliphatic rings. The summed E-state index contributed by atoms with van der Waals surface area (Å²) in [6.45, 7) is 2.10. The van der Waals surface area contributed by atoms with Gasteiger partial charge in [0.05, 0.1) is 0 Å². The van der Waals surface area contributed by atoms with Crippen molar-refractivity contribution in [2.45, 2.75) is 45.1 Å². The Morgan fingerprint density at radius 3 is 2.64 bits per heavy atom. The quantitative estimate of drug-likeness (QED) is 0.615. The van der Waals surface area contributed by atoms with Crippen molar-refractivity contribution in [3.05, 3.63) is 0 Å². The molecule has 1 atom stereocenters. The van der Waals surface area contributed by atoms with Crippen LogP contribution in [0.2, 0.25) is 0 Å². The second-order valence-electron chi connectivity index (χ2n) is 2.83. The van der Waals surface area contributed by atoms with Crippen LogP contribution in [-0.4, -0.2) is 17.1 Å². The lowest BCUT2D eigenvalue weighted by atomic mass is 10.1. The fourth-order valence-electron chi connectivity index (χ4n) is 0.920. The molecule has 0 aromatic heterocycles. The Labute approximate surface area is 67.6 Å². The molecular weight excluding hydrogens is 142 g/mol. The highest BCUT2D eigenvalue weighted by Gasteiger charge is 2.04. The van der Waals surface area contributed by atoms with E-state index in [9.17, 15) is 4.79 Å². The smallest absolute Gasteiger partial charge is 0.303 e. The van der Waals surface area contributed by atoms with Crippen LogP contribution >= 0.6 is 0 Å². The molecule has 3 N–H and O–H groups in total. The molecule has 3 heteroatoms. The Kier molecular flexibility index (Phi) is 5.84. The molecule has 3 nitrogen and oxygen atoms in total. The molecule has 0 fully saturated rings. The number of hydrogen-bond donors (Lipinski definition) is 2. The SMILES string of the molecule is CCCC[C@H](N)CCC(=O)O. The molecule has 0 bridgehead atoms. The summed E-state index contributed by atoms with van der Waals surface area (Å²) in [4.78, 5) is 10.1. The third kappa shape index (κ3) is 7.33. The summed E-state index contributed by atoms with van der Waals surface area (Å²) < 4.78 is 0. The molecular formula is C8H17NO2. The minimum atomic E-state index is -0.753. The Hall–Kier alpha value is -0.570. The average Bonchev–Trinajstić information content (AvgIpc) is 1.97. The molecule has 0 saturated carbocycles. The van der Waals surface area contributed by atoms with E-state index in [4.69, 9.17) is 10.8 Å². The van der Waals surface area contributed by atoms with Crippen LogP contribution in [0.4, 0.5) is 0 Å². The molecule has 0 rings (SSSR count). The van der Waals surface area contributed by atoms with E-state index in [0.29, 0.717) is 6.42 Å². The summed E-state index contributed by atoms with van der Waals surface area (Å²) in [5.41, 5.74) is 5.64. The Balaban J connectivity index is 3.22. The molecule has 0 heterocycles. The van der Waals surface area contributed by atoms with Crippen LogP contribution in [0.25, 0.3) is 0 Å². The zero-order valence-corrected chi connectivity index (χ0v) is 7.05. The maximum atomic E-state index is 10.1. The lowest BCUT2D eigenvalue weighted by Crippen LogP contribution is -2.20. The van der Waals surface area contributed by atoms with Crippen molar-refractivity contribution in [3.63, 3.8) is 0 Å². The third-order valence-corrected chi connectivity index (χ3v) is 1.66. The summed E-state index contributed by atoms with van der Waals surface area (Å²) in [7, 11) is 0. The van der Waals surface area contributed by atoms with Gasteiger partial charge in [-0.2, -0.15) is 0 Å². The first-order valence-corrected chi connectivity index (χ1v) is 4.14. The molecule has 0 radical (unpaired) electrons. The number of hydrogen-bond acceptors (Lipinski definition) is 2. The molecule has 0 unspecified atom stereocenters. The third-order valence-electron chi connectivity index (χ3n) is 1.66. The van der Waals surface area contributed by atoms with E-state index >= 15 is 0 Å². The van der Waals surface area contributed by atoms with E-state index in [0.717, 1.165) is 19.3 Å². The van der Waals surface area contributed by atoms with Crippen molar-refractivity contribution in [2.24, 2.45) is 5.73 Å². The predicted octanol–water partition coefficient (Wildman–Crippen LogP) is 1.37. The second-order valence-corrected chi connectivity index (χ2v) is 2.83. The lowest BCUT2D eigenvalue weighted by Gasteiger charge is -2.07. The molecule has 0 aliphatic carbocycles. The minimum Gasteiger partial charge on any atom is -0.481 e. The van der Waals surface area contributed by atoms with Crippen molar-refractivity contribution < 1.29 is 9.90 Å². The van der Waals surface area contributed by atoms with Crippen molar-refractivity contribution in [1.29, 1.82) is 0 Å². The highest BCUT2D eigenvalue weighted by Crippen LogP contribution is 2.03. The van der Waals surface area contributed by atoms with Crippen molar-refractivity contribution in [1.82, 2.24) is 0 Å². The van der Waals surface area contributed by atoms with Crippen LogP contribution in [0.15, 0.2) is 0 Å². The van der Waals surface area contributed by atoms with E-state index < -0.39 is 5.97 Å². The molecule has 0 spiro atoms. The van der Waals surface area contributed by atoms with Gasteiger partial charge < -0.3 is 10.8 Å². The van der Waals surface area contributed by atoms with Gasteiger partial charge in [-0.1, -0.05) is 19.8 Å². The van der Waals surface area contributed by atoms with Crippen molar-refractivity contribution in [3.8, 4) is 0 Å². The van der Waals surface area contributed by atoms with Gasteiger partial charge in [-0.3, -0.25) is 4.79 Å². The number of nitrogens with two attached hydrogens (primary N) is 1. The van der Waals surface area contributed by atoms with E-state index in [-0.39, 0.29) is 12.5 Å². The van der Waals surface area contributed by atoms with Gasteiger partial charge in [0.25, 0.3) is 0 Å². The summed E-state index contributed by atoms with van der Waals surface area (Å²) in [6.07, 6.45) is 3.98. The number of carboxylic acids is 1. The number of carboxylic acid groups (broad SMARTS) is 1. The van der Waals surface area contributed by atoms with Gasteiger partial charge in [-0.25, -0.2) is 0 Å². The zero-order chi connectivity index (χ0) is 8.69. The first kappa shape index (κ1) is 10.4. The van der Waals surface area contributed by atoms with Gasteiger partial charge in [0.1, 0.15) is 0 Å². The molecule has 66 valence electrons.